The molecule has 0 spiro atoms. The molecule has 0 N–H and O–H groups in total. The minimum atomic E-state index is 0.191. The molecule has 1 aliphatic heterocycles. The van der Waals surface area contributed by atoms with Crippen LogP contribution in [0.25, 0.3) is 0 Å². The molecule has 0 bridgehead atoms. The molecule has 0 unspecified atom stereocenters. The van der Waals surface area contributed by atoms with E-state index in [2.05, 4.69) is 0 Å². The van der Waals surface area contributed by atoms with Gasteiger partial charge in [-0.25, -0.2) is 0 Å². The van der Waals surface area contributed by atoms with Gasteiger partial charge in [-0.15, -0.1) is 0 Å². The number of hydrogen-bond donors (Lipinski definition) is 0. The Hall–Kier alpha value is -1.51. The Bertz CT molecular complexity index is 385. The molecular weight excluding hydrogens is 192 g/mol. The van der Waals surface area contributed by atoms with Gasteiger partial charge >= 0.3 is 0 Å². The number of hydrogen-bond acceptors (Lipinski definition) is 3. The van der Waals surface area contributed by atoms with Crippen LogP contribution in [0, 0.1) is 0 Å². The van der Waals surface area contributed by atoms with Crippen molar-refractivity contribution < 1.29 is 14.3 Å². The third kappa shape index (κ3) is 1.82. The minimum absolute atomic E-state index is 0.191. The monoisotopic (exact) mass is 206 g/mol. The highest BCUT2D eigenvalue weighted by molar-refractivity contribution is 5.81. The second-order valence-electron chi connectivity index (χ2n) is 3.68. The Labute approximate surface area is 89.0 Å². The summed E-state index contributed by atoms with van der Waals surface area (Å²) in [5, 5.41) is 0. The fourth-order valence-electron chi connectivity index (χ4n) is 1.83. The second-order valence-corrected chi connectivity index (χ2v) is 3.68. The van der Waals surface area contributed by atoms with Crippen LogP contribution in [-0.4, -0.2) is 19.0 Å². The zero-order valence-electron chi connectivity index (χ0n) is 8.95. The molecule has 0 aliphatic carbocycles. The molecule has 1 aromatic carbocycles. The fourth-order valence-corrected chi connectivity index (χ4v) is 1.83. The first-order valence-electron chi connectivity index (χ1n) is 5.16. The second kappa shape index (κ2) is 3.93. The van der Waals surface area contributed by atoms with E-state index in [1.54, 1.807) is 6.07 Å². The van der Waals surface area contributed by atoms with E-state index in [1.807, 2.05) is 19.9 Å². The third-order valence-electron chi connectivity index (χ3n) is 2.46. The Morgan fingerprint density at radius 1 is 1.60 bits per heavy atom. The van der Waals surface area contributed by atoms with Crippen LogP contribution in [0.1, 0.15) is 29.8 Å². The number of benzene rings is 1. The number of carbonyl (C=O) groups excluding carboxylic acids is 1. The SMILES string of the molecule is CCOc1cc2c(cc1C=O)O[C@@H](C)C2. The maximum absolute atomic E-state index is 10.8. The zero-order chi connectivity index (χ0) is 10.8. The number of ether oxygens (including phenoxy) is 2. The normalized spacial score (nSPS) is 18.1. The molecule has 3 nitrogen and oxygen atoms in total. The van der Waals surface area contributed by atoms with E-state index in [0.29, 0.717) is 17.9 Å². The molecular formula is C12H14O3. The minimum Gasteiger partial charge on any atom is -0.493 e. The molecule has 80 valence electrons. The standard InChI is InChI=1S/C12H14O3/c1-3-14-11-5-9-4-8(2)15-12(9)6-10(11)7-13/h5-8H,3-4H2,1-2H3/t8-/m0/s1. The van der Waals surface area contributed by atoms with Crippen molar-refractivity contribution in [1.29, 1.82) is 0 Å². The van der Waals surface area contributed by atoms with Crippen LogP contribution in [-0.2, 0) is 6.42 Å². The number of fused-ring (bicyclic) bond motifs is 1. The fraction of sp³-hybridized carbons (Fsp3) is 0.417. The maximum atomic E-state index is 10.8. The van der Waals surface area contributed by atoms with Gasteiger partial charge in [-0.3, -0.25) is 4.79 Å². The summed E-state index contributed by atoms with van der Waals surface area (Å²) in [6, 6.07) is 3.67. The molecule has 3 heteroatoms. The van der Waals surface area contributed by atoms with Crippen molar-refractivity contribution in [2.45, 2.75) is 26.4 Å². The van der Waals surface area contributed by atoms with E-state index >= 15 is 0 Å². The van der Waals surface area contributed by atoms with E-state index in [9.17, 15) is 4.79 Å². The topological polar surface area (TPSA) is 35.5 Å². The summed E-state index contributed by atoms with van der Waals surface area (Å²) >= 11 is 0. The molecule has 0 saturated heterocycles. The van der Waals surface area contributed by atoms with Crippen molar-refractivity contribution in [3.05, 3.63) is 23.3 Å². The molecule has 2 rings (SSSR count). The molecule has 0 aromatic heterocycles. The van der Waals surface area contributed by atoms with Gasteiger partial charge in [0, 0.05) is 12.0 Å². The summed E-state index contributed by atoms with van der Waals surface area (Å²) in [5.41, 5.74) is 1.68. The summed E-state index contributed by atoms with van der Waals surface area (Å²) in [5.74, 6) is 1.47. The quantitative estimate of drug-likeness (QED) is 0.711. The van der Waals surface area contributed by atoms with Crippen molar-refractivity contribution in [3.63, 3.8) is 0 Å². The average molecular weight is 206 g/mol. The van der Waals surface area contributed by atoms with E-state index in [-0.39, 0.29) is 6.10 Å². The first-order valence-corrected chi connectivity index (χ1v) is 5.16. The van der Waals surface area contributed by atoms with Gasteiger partial charge in [0.25, 0.3) is 0 Å². The average Bonchev–Trinajstić information content (AvgIpc) is 2.56. The number of carbonyl (C=O) groups is 1. The number of rotatable bonds is 3. The van der Waals surface area contributed by atoms with Gasteiger partial charge in [0.15, 0.2) is 6.29 Å². The van der Waals surface area contributed by atoms with E-state index < -0.39 is 0 Å². The van der Waals surface area contributed by atoms with E-state index in [4.69, 9.17) is 9.47 Å². The predicted molar refractivity (Wildman–Crippen MR) is 56.8 cm³/mol. The van der Waals surface area contributed by atoms with Crippen molar-refractivity contribution in [2.75, 3.05) is 6.61 Å². The lowest BCUT2D eigenvalue weighted by atomic mass is 10.1. The van der Waals surface area contributed by atoms with Crippen LogP contribution in [0.4, 0.5) is 0 Å². The molecule has 15 heavy (non-hydrogen) atoms. The van der Waals surface area contributed by atoms with Gasteiger partial charge in [-0.1, -0.05) is 0 Å². The summed E-state index contributed by atoms with van der Waals surface area (Å²) in [6.07, 6.45) is 1.88. The molecule has 0 saturated carbocycles. The van der Waals surface area contributed by atoms with Crippen LogP contribution < -0.4 is 9.47 Å². The highest BCUT2D eigenvalue weighted by Crippen LogP contribution is 2.34. The predicted octanol–water partition coefficient (Wildman–Crippen LogP) is 2.22. The molecule has 0 amide bonds. The Kier molecular flexibility index (Phi) is 2.62. The molecule has 0 fully saturated rings. The number of aldehydes is 1. The van der Waals surface area contributed by atoms with E-state index in [1.165, 1.54) is 0 Å². The van der Waals surface area contributed by atoms with Gasteiger partial charge in [0.2, 0.25) is 0 Å². The maximum Gasteiger partial charge on any atom is 0.153 e. The Morgan fingerprint density at radius 3 is 3.07 bits per heavy atom. The lowest BCUT2D eigenvalue weighted by Gasteiger charge is -2.08. The lowest BCUT2D eigenvalue weighted by Crippen LogP contribution is -2.05. The van der Waals surface area contributed by atoms with Crippen molar-refractivity contribution in [1.82, 2.24) is 0 Å². The van der Waals surface area contributed by atoms with E-state index in [0.717, 1.165) is 24.0 Å². The van der Waals surface area contributed by atoms with Gasteiger partial charge in [0.05, 0.1) is 12.2 Å². The summed E-state index contributed by atoms with van der Waals surface area (Å²) < 4.78 is 11.0. The van der Waals surface area contributed by atoms with Gasteiger partial charge < -0.3 is 9.47 Å². The Balaban J connectivity index is 2.41. The Morgan fingerprint density at radius 2 is 2.40 bits per heavy atom. The molecule has 1 heterocycles. The van der Waals surface area contributed by atoms with Crippen LogP contribution in [0.3, 0.4) is 0 Å². The highest BCUT2D eigenvalue weighted by Gasteiger charge is 2.21. The van der Waals surface area contributed by atoms with Gasteiger partial charge in [0.1, 0.15) is 17.6 Å². The first kappa shape index (κ1) is 10.0. The summed E-state index contributed by atoms with van der Waals surface area (Å²) in [6.45, 7) is 4.48. The lowest BCUT2D eigenvalue weighted by molar-refractivity contribution is 0.111. The highest BCUT2D eigenvalue weighted by atomic mass is 16.5. The molecule has 1 atom stereocenters. The van der Waals surface area contributed by atoms with Crippen LogP contribution in [0.2, 0.25) is 0 Å². The zero-order valence-corrected chi connectivity index (χ0v) is 8.95. The molecule has 0 radical (unpaired) electrons. The first-order chi connectivity index (χ1) is 7.24. The van der Waals surface area contributed by atoms with Crippen LogP contribution >= 0.6 is 0 Å². The van der Waals surface area contributed by atoms with Gasteiger partial charge in [-0.05, 0) is 26.0 Å². The molecule has 1 aromatic rings. The summed E-state index contributed by atoms with van der Waals surface area (Å²) in [7, 11) is 0. The third-order valence-corrected chi connectivity index (χ3v) is 2.46. The van der Waals surface area contributed by atoms with Crippen molar-refractivity contribution >= 4 is 6.29 Å². The van der Waals surface area contributed by atoms with Crippen LogP contribution in [0.15, 0.2) is 12.1 Å². The van der Waals surface area contributed by atoms with Crippen LogP contribution in [0.5, 0.6) is 11.5 Å². The summed E-state index contributed by atoms with van der Waals surface area (Å²) in [4.78, 5) is 10.8. The van der Waals surface area contributed by atoms with Crippen molar-refractivity contribution in [3.8, 4) is 11.5 Å². The smallest absolute Gasteiger partial charge is 0.153 e. The largest absolute Gasteiger partial charge is 0.493 e. The van der Waals surface area contributed by atoms with Gasteiger partial charge in [-0.2, -0.15) is 0 Å². The molecule has 1 aliphatic rings. The van der Waals surface area contributed by atoms with Crippen molar-refractivity contribution in [2.24, 2.45) is 0 Å².